The second kappa shape index (κ2) is 11.6. The Balaban J connectivity index is 2.42. The monoisotopic (exact) mass is 577 g/mol. The number of hydrogen-bond acceptors (Lipinski definition) is 4. The van der Waals surface area contributed by atoms with Crippen LogP contribution >= 0.6 is 39.1 Å². The summed E-state index contributed by atoms with van der Waals surface area (Å²) in [4.78, 5) is 27.5. The molecule has 180 valence electrons. The minimum Gasteiger partial charge on any atom is -0.352 e. The van der Waals surface area contributed by atoms with Gasteiger partial charge < -0.3 is 10.2 Å². The van der Waals surface area contributed by atoms with E-state index in [9.17, 15) is 18.0 Å². The van der Waals surface area contributed by atoms with Crippen molar-refractivity contribution in [1.82, 2.24) is 10.2 Å². The van der Waals surface area contributed by atoms with Crippen molar-refractivity contribution in [3.05, 3.63) is 62.5 Å². The molecule has 1 atom stereocenters. The van der Waals surface area contributed by atoms with Gasteiger partial charge in [-0.05, 0) is 56.7 Å². The molecule has 0 aromatic heterocycles. The van der Waals surface area contributed by atoms with Gasteiger partial charge in [-0.1, -0.05) is 51.3 Å². The zero-order chi connectivity index (χ0) is 24.9. The van der Waals surface area contributed by atoms with Crippen molar-refractivity contribution < 1.29 is 18.0 Å². The average Bonchev–Trinajstić information content (AvgIpc) is 2.67. The van der Waals surface area contributed by atoms with Crippen LogP contribution in [-0.2, 0) is 26.2 Å². The minimum absolute atomic E-state index is 0.110. The predicted molar refractivity (Wildman–Crippen MR) is 136 cm³/mol. The molecule has 1 N–H and O–H groups in total. The number of carbonyl (C=O) groups is 2. The molecule has 0 unspecified atom stereocenters. The maximum atomic E-state index is 13.4. The SMILES string of the molecule is CC(C)NC(=O)[C@H](C)N(Cc1cccc(Br)c1)C(=O)CN(c1cc(Cl)cc(Cl)c1)S(C)(=O)=O. The third kappa shape index (κ3) is 8.17. The van der Waals surface area contributed by atoms with Gasteiger partial charge in [0.1, 0.15) is 12.6 Å². The summed E-state index contributed by atoms with van der Waals surface area (Å²) in [6.07, 6.45) is 0.989. The van der Waals surface area contributed by atoms with Gasteiger partial charge in [-0.25, -0.2) is 8.42 Å². The van der Waals surface area contributed by atoms with Crippen molar-refractivity contribution in [3.8, 4) is 0 Å². The third-order valence-electron chi connectivity index (χ3n) is 4.65. The molecular weight excluding hydrogens is 553 g/mol. The molecule has 0 aliphatic carbocycles. The van der Waals surface area contributed by atoms with Gasteiger partial charge in [-0.3, -0.25) is 13.9 Å². The molecule has 0 aliphatic rings. The van der Waals surface area contributed by atoms with Crippen LogP contribution in [0.25, 0.3) is 0 Å². The molecule has 7 nitrogen and oxygen atoms in total. The summed E-state index contributed by atoms with van der Waals surface area (Å²) in [6, 6.07) is 10.6. The Kier molecular flexibility index (Phi) is 9.60. The lowest BCUT2D eigenvalue weighted by Crippen LogP contribution is -2.52. The minimum atomic E-state index is -3.86. The van der Waals surface area contributed by atoms with Gasteiger partial charge in [0.25, 0.3) is 0 Å². The molecule has 0 radical (unpaired) electrons. The molecule has 2 rings (SSSR count). The fourth-order valence-corrected chi connectivity index (χ4v) is 4.91. The Morgan fingerprint density at radius 1 is 1.06 bits per heavy atom. The highest BCUT2D eigenvalue weighted by molar-refractivity contribution is 9.10. The molecule has 0 saturated heterocycles. The van der Waals surface area contributed by atoms with Crippen LogP contribution in [-0.4, -0.2) is 50.0 Å². The Bertz CT molecular complexity index is 1110. The van der Waals surface area contributed by atoms with E-state index in [4.69, 9.17) is 23.2 Å². The van der Waals surface area contributed by atoms with Gasteiger partial charge in [0.15, 0.2) is 0 Å². The second-order valence-corrected chi connectivity index (χ2v) is 11.6. The van der Waals surface area contributed by atoms with E-state index in [0.717, 1.165) is 20.6 Å². The molecule has 0 heterocycles. The Hall–Kier alpha value is -1.81. The van der Waals surface area contributed by atoms with Gasteiger partial charge in [-0.2, -0.15) is 0 Å². The van der Waals surface area contributed by atoms with Crippen LogP contribution in [0.3, 0.4) is 0 Å². The molecule has 0 saturated carbocycles. The van der Waals surface area contributed by atoms with Crippen molar-refractivity contribution >= 4 is 66.7 Å². The first-order valence-corrected chi connectivity index (χ1v) is 13.5. The fourth-order valence-electron chi connectivity index (χ4n) is 3.12. The standard InChI is InChI=1S/C22H26BrCl2N3O4S/c1-14(2)26-22(30)15(3)27(12-16-6-5-7-17(23)8-16)21(29)13-28(33(4,31)32)20-10-18(24)9-19(25)11-20/h5-11,14-15H,12-13H2,1-4H3,(H,26,30)/t15-/m0/s1. The van der Waals surface area contributed by atoms with Gasteiger partial charge in [0.05, 0.1) is 11.9 Å². The largest absolute Gasteiger partial charge is 0.352 e. The summed E-state index contributed by atoms with van der Waals surface area (Å²) in [5, 5.41) is 3.26. The van der Waals surface area contributed by atoms with Crippen molar-refractivity contribution in [2.24, 2.45) is 0 Å². The van der Waals surface area contributed by atoms with Crippen LogP contribution < -0.4 is 9.62 Å². The summed E-state index contributed by atoms with van der Waals surface area (Å²) in [5.74, 6) is -0.895. The molecular formula is C22H26BrCl2N3O4S. The fraction of sp³-hybridized carbons (Fsp3) is 0.364. The number of carbonyl (C=O) groups excluding carboxylic acids is 2. The number of benzene rings is 2. The Morgan fingerprint density at radius 3 is 2.18 bits per heavy atom. The number of anilines is 1. The summed E-state index contributed by atoms with van der Waals surface area (Å²) in [5.41, 5.74) is 0.934. The van der Waals surface area contributed by atoms with E-state index in [0.29, 0.717) is 0 Å². The van der Waals surface area contributed by atoms with Gasteiger partial charge in [0.2, 0.25) is 21.8 Å². The van der Waals surface area contributed by atoms with Crippen LogP contribution in [0.5, 0.6) is 0 Å². The van der Waals surface area contributed by atoms with E-state index in [1.54, 1.807) is 6.92 Å². The highest BCUT2D eigenvalue weighted by Crippen LogP contribution is 2.27. The highest BCUT2D eigenvalue weighted by atomic mass is 79.9. The first-order valence-electron chi connectivity index (χ1n) is 10.1. The lowest BCUT2D eigenvalue weighted by atomic mass is 10.1. The average molecular weight is 579 g/mol. The predicted octanol–water partition coefficient (Wildman–Crippen LogP) is 4.46. The molecule has 2 amide bonds. The van der Waals surface area contributed by atoms with Gasteiger partial charge in [-0.15, -0.1) is 0 Å². The Labute approximate surface area is 213 Å². The van der Waals surface area contributed by atoms with E-state index in [1.807, 2.05) is 38.1 Å². The van der Waals surface area contributed by atoms with E-state index in [-0.39, 0.29) is 34.2 Å². The normalized spacial score (nSPS) is 12.4. The smallest absolute Gasteiger partial charge is 0.244 e. The zero-order valence-electron chi connectivity index (χ0n) is 18.7. The first kappa shape index (κ1) is 27.4. The van der Waals surface area contributed by atoms with Crippen LogP contribution in [0, 0.1) is 0 Å². The molecule has 2 aromatic carbocycles. The van der Waals surface area contributed by atoms with Crippen LogP contribution in [0.1, 0.15) is 26.3 Å². The van der Waals surface area contributed by atoms with Crippen LogP contribution in [0.15, 0.2) is 46.9 Å². The van der Waals surface area contributed by atoms with Crippen molar-refractivity contribution in [3.63, 3.8) is 0 Å². The van der Waals surface area contributed by atoms with Crippen molar-refractivity contribution in [1.29, 1.82) is 0 Å². The summed E-state index contributed by atoms with van der Waals surface area (Å²) < 4.78 is 26.8. The lowest BCUT2D eigenvalue weighted by molar-refractivity contribution is -0.139. The summed E-state index contributed by atoms with van der Waals surface area (Å²) in [7, 11) is -3.86. The molecule has 0 spiro atoms. The number of hydrogen-bond donors (Lipinski definition) is 1. The van der Waals surface area contributed by atoms with Crippen LogP contribution in [0.2, 0.25) is 10.0 Å². The molecule has 0 fully saturated rings. The number of rotatable bonds is 9. The first-order chi connectivity index (χ1) is 15.3. The number of amides is 2. The molecule has 0 aliphatic heterocycles. The maximum absolute atomic E-state index is 13.4. The van der Waals surface area contributed by atoms with Crippen molar-refractivity contribution in [2.75, 3.05) is 17.1 Å². The van der Waals surface area contributed by atoms with E-state index in [2.05, 4.69) is 21.2 Å². The number of nitrogens with one attached hydrogen (secondary N) is 1. The third-order valence-corrected chi connectivity index (χ3v) is 6.72. The van der Waals surface area contributed by atoms with E-state index < -0.39 is 28.5 Å². The van der Waals surface area contributed by atoms with E-state index >= 15 is 0 Å². The topological polar surface area (TPSA) is 86.8 Å². The highest BCUT2D eigenvalue weighted by Gasteiger charge is 2.30. The lowest BCUT2D eigenvalue weighted by Gasteiger charge is -2.32. The van der Waals surface area contributed by atoms with Crippen molar-refractivity contribution in [2.45, 2.75) is 39.4 Å². The summed E-state index contributed by atoms with van der Waals surface area (Å²) in [6.45, 7) is 4.83. The number of halogens is 3. The molecule has 33 heavy (non-hydrogen) atoms. The number of sulfonamides is 1. The molecule has 2 aromatic rings. The van der Waals surface area contributed by atoms with E-state index in [1.165, 1.54) is 23.1 Å². The number of nitrogens with zero attached hydrogens (tertiary/aromatic N) is 2. The maximum Gasteiger partial charge on any atom is 0.244 e. The van der Waals surface area contributed by atoms with Gasteiger partial charge in [0, 0.05) is 27.1 Å². The Morgan fingerprint density at radius 2 is 1.67 bits per heavy atom. The zero-order valence-corrected chi connectivity index (χ0v) is 22.6. The second-order valence-electron chi connectivity index (χ2n) is 7.89. The summed E-state index contributed by atoms with van der Waals surface area (Å²) >= 11 is 15.5. The molecule has 0 bridgehead atoms. The van der Waals surface area contributed by atoms with Gasteiger partial charge >= 0.3 is 0 Å². The quantitative estimate of drug-likeness (QED) is 0.476. The molecule has 11 heteroatoms. The van der Waals surface area contributed by atoms with Crippen LogP contribution in [0.4, 0.5) is 5.69 Å².